The minimum atomic E-state index is -0.523. The van der Waals surface area contributed by atoms with Crippen LogP contribution in [0.2, 0.25) is 0 Å². The molecule has 6 nitrogen and oxygen atoms in total. The maximum absolute atomic E-state index is 13.1. The molecule has 1 aromatic carbocycles. The van der Waals surface area contributed by atoms with E-state index in [2.05, 4.69) is 23.2 Å². The minimum Gasteiger partial charge on any atom is -0.497 e. The highest BCUT2D eigenvalue weighted by Gasteiger charge is 2.61. The molecule has 0 bridgehead atoms. The molecule has 1 amide bonds. The first kappa shape index (κ1) is 16.8. The number of esters is 1. The van der Waals surface area contributed by atoms with Crippen LogP contribution in [0.3, 0.4) is 0 Å². The van der Waals surface area contributed by atoms with Crippen LogP contribution in [0.25, 0.3) is 0 Å². The summed E-state index contributed by atoms with van der Waals surface area (Å²) in [5.74, 6) is 0.0558. The van der Waals surface area contributed by atoms with Gasteiger partial charge in [-0.15, -0.1) is 0 Å². The van der Waals surface area contributed by atoms with Gasteiger partial charge in [0.2, 0.25) is 5.91 Å². The molecule has 5 rings (SSSR count). The number of nitrogens with one attached hydrogen (secondary N) is 1. The zero-order valence-electron chi connectivity index (χ0n) is 15.6. The first-order valence-corrected chi connectivity index (χ1v) is 9.65. The van der Waals surface area contributed by atoms with Crippen molar-refractivity contribution in [3.63, 3.8) is 0 Å². The highest BCUT2D eigenvalue weighted by atomic mass is 16.5. The average Bonchev–Trinajstić information content (AvgIpc) is 3.20. The molecule has 6 heteroatoms. The molecular weight excluding hydrogens is 344 g/mol. The zero-order valence-corrected chi connectivity index (χ0v) is 15.6. The van der Waals surface area contributed by atoms with Crippen LogP contribution >= 0.6 is 0 Å². The lowest BCUT2D eigenvalue weighted by atomic mass is 9.66. The van der Waals surface area contributed by atoms with Crippen molar-refractivity contribution in [1.82, 2.24) is 4.90 Å². The largest absolute Gasteiger partial charge is 0.497 e. The fourth-order valence-corrected chi connectivity index (χ4v) is 5.77. The first-order valence-electron chi connectivity index (χ1n) is 9.65. The number of benzene rings is 1. The lowest BCUT2D eigenvalue weighted by molar-refractivity contribution is -0.139. The lowest BCUT2D eigenvalue weighted by Crippen LogP contribution is -2.56. The number of ether oxygens (including phenoxy) is 2. The molecule has 4 aliphatic rings. The Balaban J connectivity index is 1.55. The maximum atomic E-state index is 13.1. The Bertz CT molecular complexity index is 850. The van der Waals surface area contributed by atoms with Crippen LogP contribution in [0.15, 0.2) is 36.1 Å². The number of para-hydroxylation sites is 1. The van der Waals surface area contributed by atoms with Crippen molar-refractivity contribution >= 4 is 17.6 Å². The summed E-state index contributed by atoms with van der Waals surface area (Å²) in [6.07, 6.45) is 3.20. The molecule has 0 unspecified atom stereocenters. The molecule has 0 radical (unpaired) electrons. The van der Waals surface area contributed by atoms with Crippen LogP contribution in [0, 0.1) is 11.8 Å². The summed E-state index contributed by atoms with van der Waals surface area (Å²) in [5.41, 5.74) is 2.11. The lowest BCUT2D eigenvalue weighted by Gasteiger charge is -2.48. The van der Waals surface area contributed by atoms with E-state index < -0.39 is 5.41 Å². The van der Waals surface area contributed by atoms with Crippen molar-refractivity contribution in [2.45, 2.75) is 37.3 Å². The Morgan fingerprint density at radius 1 is 1.37 bits per heavy atom. The number of fused-ring (bicyclic) bond motifs is 5. The second kappa shape index (κ2) is 5.83. The summed E-state index contributed by atoms with van der Waals surface area (Å²) in [7, 11) is 1.41. The van der Waals surface area contributed by atoms with Crippen LogP contribution in [0.5, 0.6) is 0 Å². The monoisotopic (exact) mass is 368 g/mol. The minimum absolute atomic E-state index is 0.0468. The summed E-state index contributed by atoms with van der Waals surface area (Å²) >= 11 is 0. The summed E-state index contributed by atoms with van der Waals surface area (Å²) in [4.78, 5) is 27.9. The number of anilines is 1. The normalized spacial score (nSPS) is 37.0. The van der Waals surface area contributed by atoms with E-state index in [1.165, 1.54) is 7.11 Å². The fraction of sp³-hybridized carbons (Fsp3) is 0.524. The molecule has 0 saturated carbocycles. The topological polar surface area (TPSA) is 67.9 Å². The van der Waals surface area contributed by atoms with Gasteiger partial charge >= 0.3 is 5.97 Å². The van der Waals surface area contributed by atoms with E-state index in [-0.39, 0.29) is 35.9 Å². The molecule has 2 fully saturated rings. The molecule has 27 heavy (non-hydrogen) atoms. The average molecular weight is 368 g/mol. The number of hydrogen-bond donors (Lipinski definition) is 1. The van der Waals surface area contributed by atoms with Crippen LogP contribution in [-0.4, -0.2) is 49.1 Å². The van der Waals surface area contributed by atoms with Gasteiger partial charge in [-0.3, -0.25) is 9.69 Å². The van der Waals surface area contributed by atoms with E-state index in [0.717, 1.165) is 37.2 Å². The van der Waals surface area contributed by atoms with Gasteiger partial charge in [-0.05, 0) is 37.9 Å². The van der Waals surface area contributed by atoms with Crippen molar-refractivity contribution in [3.8, 4) is 0 Å². The molecule has 1 N–H and O–H groups in total. The number of amides is 1. The van der Waals surface area contributed by atoms with Crippen LogP contribution in [0.1, 0.15) is 25.3 Å². The molecule has 5 atom stereocenters. The van der Waals surface area contributed by atoms with E-state index >= 15 is 0 Å². The molecule has 4 heterocycles. The number of piperidine rings is 1. The van der Waals surface area contributed by atoms with E-state index in [1.807, 2.05) is 18.2 Å². The molecule has 0 aliphatic carbocycles. The maximum Gasteiger partial charge on any atom is 0.337 e. The Hall–Kier alpha value is -2.34. The van der Waals surface area contributed by atoms with Gasteiger partial charge in [0.15, 0.2) is 0 Å². The van der Waals surface area contributed by atoms with Gasteiger partial charge in [0.25, 0.3) is 0 Å². The van der Waals surface area contributed by atoms with Crippen LogP contribution < -0.4 is 5.32 Å². The van der Waals surface area contributed by atoms with E-state index in [4.69, 9.17) is 9.47 Å². The van der Waals surface area contributed by atoms with Crippen molar-refractivity contribution in [3.05, 3.63) is 41.7 Å². The van der Waals surface area contributed by atoms with Crippen LogP contribution in [-0.2, 0) is 24.5 Å². The second-order valence-electron chi connectivity index (χ2n) is 8.14. The highest BCUT2D eigenvalue weighted by Crippen LogP contribution is 2.53. The SMILES string of the molecule is COC(=O)C1=CO[C@H](C)[C@@H]2CN3CC[C@@]4(C(=O)Nc5ccccc54)[C@H]3C[C@H]12. The van der Waals surface area contributed by atoms with E-state index in [9.17, 15) is 9.59 Å². The Morgan fingerprint density at radius 2 is 2.19 bits per heavy atom. The summed E-state index contributed by atoms with van der Waals surface area (Å²) in [5, 5.41) is 3.09. The Morgan fingerprint density at radius 3 is 3.00 bits per heavy atom. The van der Waals surface area contributed by atoms with E-state index in [0.29, 0.717) is 5.57 Å². The number of carbonyl (C=O) groups is 2. The van der Waals surface area contributed by atoms with Crippen LogP contribution in [0.4, 0.5) is 5.69 Å². The van der Waals surface area contributed by atoms with Crippen molar-refractivity contribution in [2.75, 3.05) is 25.5 Å². The molecule has 142 valence electrons. The van der Waals surface area contributed by atoms with Crippen molar-refractivity contribution < 1.29 is 19.1 Å². The summed E-state index contributed by atoms with van der Waals surface area (Å²) < 4.78 is 10.8. The van der Waals surface area contributed by atoms with Gasteiger partial charge in [0, 0.05) is 30.1 Å². The number of rotatable bonds is 1. The molecule has 0 aromatic heterocycles. The Labute approximate surface area is 158 Å². The predicted octanol–water partition coefficient (Wildman–Crippen LogP) is 2.06. The molecule has 2 saturated heterocycles. The predicted molar refractivity (Wildman–Crippen MR) is 99.0 cm³/mol. The third-order valence-corrected chi connectivity index (χ3v) is 7.14. The van der Waals surface area contributed by atoms with Gasteiger partial charge in [0.1, 0.15) is 0 Å². The summed E-state index contributed by atoms with van der Waals surface area (Å²) in [6, 6.07) is 8.10. The number of carbonyl (C=O) groups excluding carboxylic acids is 2. The number of methoxy groups -OCH3 is 1. The molecule has 1 spiro atoms. The fourth-order valence-electron chi connectivity index (χ4n) is 5.77. The molecule has 1 aromatic rings. The standard InChI is InChI=1S/C21H24N2O4/c1-12-14-10-23-8-7-21(16-5-3-4-6-17(16)22-20(21)25)18(23)9-13(14)15(11-27-12)19(24)26-2/h3-6,11-14,18H,7-10H2,1-2H3,(H,22,25)/t12-,13+,14+,18-,21+/m1/s1. The van der Waals surface area contributed by atoms with Crippen molar-refractivity contribution in [2.24, 2.45) is 11.8 Å². The number of hydrogen-bond acceptors (Lipinski definition) is 5. The second-order valence-corrected chi connectivity index (χ2v) is 8.14. The van der Waals surface area contributed by atoms with Gasteiger partial charge in [-0.1, -0.05) is 18.2 Å². The summed E-state index contributed by atoms with van der Waals surface area (Å²) in [6.45, 7) is 3.79. The molecular formula is C21H24N2O4. The third kappa shape index (κ3) is 2.16. The van der Waals surface area contributed by atoms with Gasteiger partial charge in [0.05, 0.1) is 30.5 Å². The molecule has 4 aliphatic heterocycles. The van der Waals surface area contributed by atoms with E-state index in [1.54, 1.807) is 6.26 Å². The van der Waals surface area contributed by atoms with Gasteiger partial charge < -0.3 is 14.8 Å². The van der Waals surface area contributed by atoms with Gasteiger partial charge in [-0.2, -0.15) is 0 Å². The first-order chi connectivity index (χ1) is 13.1. The quantitative estimate of drug-likeness (QED) is 0.769. The van der Waals surface area contributed by atoms with Crippen molar-refractivity contribution in [1.29, 1.82) is 0 Å². The highest BCUT2D eigenvalue weighted by molar-refractivity contribution is 6.07. The van der Waals surface area contributed by atoms with Gasteiger partial charge in [-0.25, -0.2) is 4.79 Å². The zero-order chi connectivity index (χ0) is 18.8. The Kier molecular flexibility index (Phi) is 3.63. The third-order valence-electron chi connectivity index (χ3n) is 7.14. The smallest absolute Gasteiger partial charge is 0.337 e. The number of nitrogens with zero attached hydrogens (tertiary/aromatic N) is 1.